The van der Waals surface area contributed by atoms with Crippen LogP contribution in [0.5, 0.6) is 0 Å². The number of nitrogens with one attached hydrogen (secondary N) is 1. The molecule has 6 heteroatoms. The maximum atomic E-state index is 11.3. The largest absolute Gasteiger partial charge is 0.396 e. The smallest absolute Gasteiger partial charge is 0.271 e. The van der Waals surface area contributed by atoms with Crippen LogP contribution in [0.3, 0.4) is 0 Å². The number of anilines is 1. The summed E-state index contributed by atoms with van der Waals surface area (Å²) in [6.07, 6.45) is 1.95. The molecule has 0 unspecified atom stereocenters. The van der Waals surface area contributed by atoms with Gasteiger partial charge >= 0.3 is 0 Å². The van der Waals surface area contributed by atoms with Gasteiger partial charge in [-0.05, 0) is 20.3 Å². The fraction of sp³-hybridized carbons (Fsp3) is 0.600. The molecule has 90 valence electrons. The van der Waals surface area contributed by atoms with E-state index in [4.69, 9.17) is 16.7 Å². The Morgan fingerprint density at radius 1 is 1.62 bits per heavy atom. The lowest BCUT2D eigenvalue weighted by Gasteiger charge is -2.27. The fourth-order valence-corrected chi connectivity index (χ4v) is 1.64. The summed E-state index contributed by atoms with van der Waals surface area (Å²) in [7, 11) is 0. The normalized spacial score (nSPS) is 10.8. The van der Waals surface area contributed by atoms with Crippen molar-refractivity contribution in [3.63, 3.8) is 0 Å². The first kappa shape index (κ1) is 13.0. The predicted molar refractivity (Wildman–Crippen MR) is 64.1 cm³/mol. The molecule has 0 bridgehead atoms. The van der Waals surface area contributed by atoms with E-state index in [2.05, 4.69) is 9.97 Å². The molecule has 1 aromatic heterocycles. The molecular formula is C10H16ClN3O2. The number of H-pyrrole nitrogens is 1. The highest BCUT2D eigenvalue weighted by atomic mass is 35.5. The third-order valence-electron chi connectivity index (χ3n) is 2.23. The van der Waals surface area contributed by atoms with E-state index in [1.165, 1.54) is 6.33 Å². The molecule has 0 aromatic carbocycles. The predicted octanol–water partition coefficient (Wildman–Crippen LogP) is 1.02. The quantitative estimate of drug-likeness (QED) is 0.813. The second kappa shape index (κ2) is 5.86. The molecule has 0 aliphatic carbocycles. The van der Waals surface area contributed by atoms with Crippen LogP contribution < -0.4 is 10.5 Å². The van der Waals surface area contributed by atoms with E-state index in [1.807, 2.05) is 18.7 Å². The molecule has 0 saturated heterocycles. The van der Waals surface area contributed by atoms with Crippen molar-refractivity contribution < 1.29 is 5.11 Å². The first-order chi connectivity index (χ1) is 7.57. The summed E-state index contributed by atoms with van der Waals surface area (Å²) in [5.74, 6) is 0.467. The molecule has 0 fully saturated rings. The third-order valence-corrected chi connectivity index (χ3v) is 2.57. The Morgan fingerprint density at radius 2 is 2.31 bits per heavy atom. The van der Waals surface area contributed by atoms with Gasteiger partial charge in [0.1, 0.15) is 5.02 Å². The van der Waals surface area contributed by atoms with Crippen molar-refractivity contribution >= 4 is 17.4 Å². The number of rotatable bonds is 5. The summed E-state index contributed by atoms with van der Waals surface area (Å²) in [5.41, 5.74) is -0.346. The Labute approximate surface area is 99.1 Å². The average molecular weight is 246 g/mol. The second-order valence-electron chi connectivity index (χ2n) is 3.73. The van der Waals surface area contributed by atoms with Crippen LogP contribution in [0.4, 0.5) is 5.82 Å². The zero-order chi connectivity index (χ0) is 12.1. The summed E-state index contributed by atoms with van der Waals surface area (Å²) in [5, 5.41) is 8.91. The summed E-state index contributed by atoms with van der Waals surface area (Å²) < 4.78 is 0. The Balaban J connectivity index is 3.01. The zero-order valence-corrected chi connectivity index (χ0v) is 10.2. The minimum atomic E-state index is -0.346. The van der Waals surface area contributed by atoms with Crippen LogP contribution in [-0.4, -0.2) is 34.3 Å². The number of hydrogen-bond acceptors (Lipinski definition) is 4. The van der Waals surface area contributed by atoms with Crippen LogP contribution in [-0.2, 0) is 0 Å². The Hall–Kier alpha value is -1.07. The number of aliphatic hydroxyl groups is 1. The van der Waals surface area contributed by atoms with Gasteiger partial charge in [0.05, 0.1) is 6.33 Å². The van der Waals surface area contributed by atoms with Crippen LogP contribution in [0.25, 0.3) is 0 Å². The van der Waals surface area contributed by atoms with Crippen molar-refractivity contribution in [1.29, 1.82) is 0 Å². The number of halogens is 1. The summed E-state index contributed by atoms with van der Waals surface area (Å²) >= 11 is 5.90. The van der Waals surface area contributed by atoms with Gasteiger partial charge in [-0.3, -0.25) is 4.79 Å². The molecule has 16 heavy (non-hydrogen) atoms. The van der Waals surface area contributed by atoms with Crippen LogP contribution in [0.1, 0.15) is 20.3 Å². The molecule has 0 atom stereocenters. The van der Waals surface area contributed by atoms with Gasteiger partial charge in [-0.25, -0.2) is 4.98 Å². The van der Waals surface area contributed by atoms with Gasteiger partial charge in [-0.2, -0.15) is 0 Å². The maximum absolute atomic E-state index is 11.3. The molecular weight excluding hydrogens is 230 g/mol. The topological polar surface area (TPSA) is 69.2 Å². The zero-order valence-electron chi connectivity index (χ0n) is 9.40. The minimum absolute atomic E-state index is 0.0918. The van der Waals surface area contributed by atoms with Gasteiger partial charge in [0.15, 0.2) is 5.82 Å². The van der Waals surface area contributed by atoms with Crippen LogP contribution >= 0.6 is 11.6 Å². The molecule has 1 heterocycles. The molecule has 2 N–H and O–H groups in total. The van der Waals surface area contributed by atoms with E-state index in [1.54, 1.807) is 0 Å². The lowest BCUT2D eigenvalue weighted by atomic mass is 10.3. The van der Waals surface area contributed by atoms with E-state index in [0.717, 1.165) is 0 Å². The highest BCUT2D eigenvalue weighted by Gasteiger charge is 2.16. The van der Waals surface area contributed by atoms with Crippen molar-refractivity contribution in [2.45, 2.75) is 26.3 Å². The fourth-order valence-electron chi connectivity index (χ4n) is 1.42. The molecule has 0 spiro atoms. The molecule has 0 aliphatic rings. The lowest BCUT2D eigenvalue weighted by molar-refractivity contribution is 0.288. The Bertz CT molecular complexity index is 392. The number of aromatic amines is 1. The maximum Gasteiger partial charge on any atom is 0.271 e. The van der Waals surface area contributed by atoms with E-state index >= 15 is 0 Å². The van der Waals surface area contributed by atoms with Crippen molar-refractivity contribution in [1.82, 2.24) is 9.97 Å². The highest BCUT2D eigenvalue weighted by molar-refractivity contribution is 6.32. The third kappa shape index (κ3) is 2.96. The van der Waals surface area contributed by atoms with Crippen molar-refractivity contribution in [3.05, 3.63) is 21.7 Å². The monoisotopic (exact) mass is 245 g/mol. The molecule has 0 aliphatic heterocycles. The van der Waals surface area contributed by atoms with Crippen LogP contribution in [0.15, 0.2) is 11.1 Å². The molecule has 5 nitrogen and oxygen atoms in total. The second-order valence-corrected chi connectivity index (χ2v) is 4.11. The number of aromatic nitrogens is 2. The first-order valence-electron chi connectivity index (χ1n) is 5.18. The molecule has 1 rings (SSSR count). The van der Waals surface area contributed by atoms with Crippen molar-refractivity contribution in [2.75, 3.05) is 18.1 Å². The average Bonchev–Trinajstić information content (AvgIpc) is 2.24. The summed E-state index contributed by atoms with van der Waals surface area (Å²) in [6, 6.07) is 0.165. The van der Waals surface area contributed by atoms with E-state index in [-0.39, 0.29) is 23.2 Å². The Morgan fingerprint density at radius 3 is 2.88 bits per heavy atom. The van der Waals surface area contributed by atoms with Crippen LogP contribution in [0.2, 0.25) is 5.02 Å². The van der Waals surface area contributed by atoms with E-state index < -0.39 is 0 Å². The van der Waals surface area contributed by atoms with E-state index in [0.29, 0.717) is 18.8 Å². The first-order valence-corrected chi connectivity index (χ1v) is 5.56. The Kier molecular flexibility index (Phi) is 4.76. The van der Waals surface area contributed by atoms with Gasteiger partial charge in [-0.1, -0.05) is 11.6 Å². The summed E-state index contributed by atoms with van der Waals surface area (Å²) in [4.78, 5) is 19.7. The van der Waals surface area contributed by atoms with Gasteiger partial charge < -0.3 is 15.0 Å². The van der Waals surface area contributed by atoms with Crippen molar-refractivity contribution in [3.8, 4) is 0 Å². The number of hydrogen-bond donors (Lipinski definition) is 2. The van der Waals surface area contributed by atoms with Crippen LogP contribution in [0, 0.1) is 0 Å². The molecule has 0 amide bonds. The van der Waals surface area contributed by atoms with Gasteiger partial charge in [0.25, 0.3) is 5.56 Å². The van der Waals surface area contributed by atoms with Gasteiger partial charge in [0, 0.05) is 19.2 Å². The van der Waals surface area contributed by atoms with Gasteiger partial charge in [0.2, 0.25) is 0 Å². The number of nitrogens with zero attached hydrogens (tertiary/aromatic N) is 2. The van der Waals surface area contributed by atoms with E-state index in [9.17, 15) is 4.79 Å². The van der Waals surface area contributed by atoms with Gasteiger partial charge in [-0.15, -0.1) is 0 Å². The summed E-state index contributed by atoms with van der Waals surface area (Å²) in [6.45, 7) is 4.68. The van der Waals surface area contributed by atoms with Crippen molar-refractivity contribution in [2.24, 2.45) is 0 Å². The minimum Gasteiger partial charge on any atom is -0.396 e. The lowest BCUT2D eigenvalue weighted by Crippen LogP contribution is -2.34. The highest BCUT2D eigenvalue weighted by Crippen LogP contribution is 2.20. The molecule has 1 aromatic rings. The molecule has 0 radical (unpaired) electrons. The SMILES string of the molecule is CC(C)N(CCCO)c1nc[nH]c(=O)c1Cl. The molecule has 0 saturated carbocycles. The standard InChI is InChI=1S/C10H16ClN3O2/c1-7(2)14(4-3-5-15)9-8(11)10(16)13-6-12-9/h6-7,15H,3-5H2,1-2H3,(H,12,13,16). The number of aliphatic hydroxyl groups excluding tert-OH is 1.